The summed E-state index contributed by atoms with van der Waals surface area (Å²) in [4.78, 5) is 13.8. The molecule has 2 aromatic carbocycles. The van der Waals surface area contributed by atoms with Crippen molar-refractivity contribution in [1.29, 1.82) is 0 Å². The Labute approximate surface area is 136 Å². The van der Waals surface area contributed by atoms with Gasteiger partial charge in [0.2, 0.25) is 5.91 Å². The number of rotatable bonds is 4. The van der Waals surface area contributed by atoms with Crippen LogP contribution in [0.25, 0.3) is 0 Å². The van der Waals surface area contributed by atoms with Gasteiger partial charge in [-0.1, -0.05) is 48.0 Å². The zero-order chi connectivity index (χ0) is 16.4. The molecule has 0 radical (unpaired) electrons. The van der Waals surface area contributed by atoms with Crippen LogP contribution in [0.2, 0.25) is 0 Å². The maximum atomic E-state index is 12.0. The normalized spacial score (nSPS) is 14.7. The highest BCUT2D eigenvalue weighted by Gasteiger charge is 2.24. The van der Waals surface area contributed by atoms with Gasteiger partial charge in [0.1, 0.15) is 6.61 Å². The van der Waals surface area contributed by atoms with Crippen LogP contribution in [0.4, 0.5) is 0 Å². The lowest BCUT2D eigenvalue weighted by Gasteiger charge is -2.14. The number of hydrogen-bond donors (Lipinski definition) is 1. The van der Waals surface area contributed by atoms with Gasteiger partial charge in [0, 0.05) is 20.2 Å². The minimum atomic E-state index is -0.148. The molecule has 120 valence electrons. The van der Waals surface area contributed by atoms with Crippen molar-refractivity contribution in [3.8, 4) is 0 Å². The summed E-state index contributed by atoms with van der Waals surface area (Å²) in [6.07, 6.45) is 0. The van der Waals surface area contributed by atoms with Crippen LogP contribution in [-0.4, -0.2) is 24.5 Å². The molecule has 1 aliphatic heterocycles. The molecule has 1 aliphatic rings. The predicted octanol–water partition coefficient (Wildman–Crippen LogP) is 2.53. The third kappa shape index (κ3) is 3.28. The van der Waals surface area contributed by atoms with E-state index in [-0.39, 0.29) is 18.6 Å². The smallest absolute Gasteiger partial charge is 0.249 e. The topological polar surface area (TPSA) is 55.6 Å². The third-order valence-corrected chi connectivity index (χ3v) is 4.37. The minimum absolute atomic E-state index is 0.0214. The predicted molar refractivity (Wildman–Crippen MR) is 89.8 cm³/mol. The number of benzene rings is 2. The molecule has 1 heterocycles. The Morgan fingerprint density at radius 1 is 1.13 bits per heavy atom. The molecule has 2 N–H and O–H groups in total. The fourth-order valence-electron chi connectivity index (χ4n) is 2.97. The van der Waals surface area contributed by atoms with Crippen molar-refractivity contribution in [3.05, 3.63) is 70.3 Å². The van der Waals surface area contributed by atoms with E-state index in [1.54, 1.807) is 7.11 Å². The summed E-state index contributed by atoms with van der Waals surface area (Å²) < 4.78 is 4.93. The number of nitrogens with zero attached hydrogens (tertiary/aromatic N) is 1. The van der Waals surface area contributed by atoms with Crippen LogP contribution in [-0.2, 0) is 22.6 Å². The first kappa shape index (κ1) is 15.7. The second-order valence-electron chi connectivity index (χ2n) is 6.10. The lowest BCUT2D eigenvalue weighted by atomic mass is 9.96. The fourth-order valence-corrected chi connectivity index (χ4v) is 2.97. The van der Waals surface area contributed by atoms with Gasteiger partial charge in [-0.2, -0.15) is 0 Å². The van der Waals surface area contributed by atoms with E-state index in [2.05, 4.69) is 49.4 Å². The molecular formula is C19H22N2O2. The van der Waals surface area contributed by atoms with Crippen molar-refractivity contribution >= 4 is 5.91 Å². The number of aryl methyl sites for hydroxylation is 1. The van der Waals surface area contributed by atoms with Gasteiger partial charge in [0.25, 0.3) is 0 Å². The van der Waals surface area contributed by atoms with Crippen molar-refractivity contribution < 1.29 is 9.53 Å². The highest BCUT2D eigenvalue weighted by atomic mass is 16.5. The van der Waals surface area contributed by atoms with E-state index in [0.29, 0.717) is 13.1 Å². The number of carbonyl (C=O) groups excluding carboxylic acids is 1. The van der Waals surface area contributed by atoms with Crippen molar-refractivity contribution in [2.75, 3.05) is 13.7 Å². The molecule has 0 fully saturated rings. The highest BCUT2D eigenvalue weighted by Crippen LogP contribution is 2.28. The molecule has 4 nitrogen and oxygen atoms in total. The first-order valence-electron chi connectivity index (χ1n) is 7.79. The number of nitrogens with two attached hydrogens (primary N) is 1. The fraction of sp³-hybridized carbons (Fsp3) is 0.316. The molecule has 0 bridgehead atoms. The van der Waals surface area contributed by atoms with Crippen LogP contribution in [0.5, 0.6) is 0 Å². The van der Waals surface area contributed by atoms with Gasteiger partial charge in [0.05, 0.1) is 6.04 Å². The van der Waals surface area contributed by atoms with Crippen molar-refractivity contribution in [1.82, 2.24) is 4.90 Å². The Bertz CT molecular complexity index is 710. The molecule has 0 saturated heterocycles. The van der Waals surface area contributed by atoms with Crippen molar-refractivity contribution in [2.45, 2.75) is 26.1 Å². The van der Waals surface area contributed by atoms with Gasteiger partial charge in [-0.05, 0) is 29.2 Å². The molecule has 0 saturated carbocycles. The van der Waals surface area contributed by atoms with E-state index in [1.165, 1.54) is 16.7 Å². The van der Waals surface area contributed by atoms with Gasteiger partial charge in [-0.3, -0.25) is 4.79 Å². The number of carbonyl (C=O) groups is 1. The molecule has 0 spiro atoms. The molecule has 3 rings (SSSR count). The molecular weight excluding hydrogens is 288 g/mol. The number of methoxy groups -OCH3 is 1. The standard InChI is InChI=1S/C19H22N2O2/c1-13-3-5-14(6-4-13)19(20)15-7-8-16-10-21(11-17(16)9-15)18(22)12-23-2/h3-9,19H,10-12,20H2,1-2H3. The average Bonchev–Trinajstić information content (AvgIpc) is 2.98. The maximum Gasteiger partial charge on any atom is 0.249 e. The van der Waals surface area contributed by atoms with Crippen LogP contribution in [0.3, 0.4) is 0 Å². The Hall–Kier alpha value is -2.17. The molecule has 1 amide bonds. The number of amides is 1. The molecule has 4 heteroatoms. The average molecular weight is 310 g/mol. The second kappa shape index (κ2) is 6.52. The molecule has 1 atom stereocenters. The zero-order valence-corrected chi connectivity index (χ0v) is 13.6. The zero-order valence-electron chi connectivity index (χ0n) is 13.6. The Balaban J connectivity index is 1.79. The van der Waals surface area contributed by atoms with E-state index < -0.39 is 0 Å². The van der Waals surface area contributed by atoms with Crippen LogP contribution >= 0.6 is 0 Å². The number of fused-ring (bicyclic) bond motifs is 1. The van der Waals surface area contributed by atoms with E-state index in [1.807, 2.05) is 4.90 Å². The molecule has 1 unspecified atom stereocenters. The van der Waals surface area contributed by atoms with Gasteiger partial charge < -0.3 is 15.4 Å². The Morgan fingerprint density at radius 3 is 2.48 bits per heavy atom. The first-order chi connectivity index (χ1) is 11.1. The highest BCUT2D eigenvalue weighted by molar-refractivity contribution is 5.78. The monoisotopic (exact) mass is 310 g/mol. The summed E-state index contributed by atoms with van der Waals surface area (Å²) in [6, 6.07) is 14.4. The van der Waals surface area contributed by atoms with E-state index in [0.717, 1.165) is 11.1 Å². The van der Waals surface area contributed by atoms with Crippen LogP contribution in [0.15, 0.2) is 42.5 Å². The summed E-state index contributed by atoms with van der Waals surface area (Å²) in [7, 11) is 1.54. The lowest BCUT2D eigenvalue weighted by molar-refractivity contribution is -0.135. The van der Waals surface area contributed by atoms with E-state index in [4.69, 9.17) is 10.5 Å². The summed E-state index contributed by atoms with van der Waals surface area (Å²) in [6.45, 7) is 3.48. The SMILES string of the molecule is COCC(=O)N1Cc2ccc(C(N)c3ccc(C)cc3)cc2C1. The largest absolute Gasteiger partial charge is 0.375 e. The van der Waals surface area contributed by atoms with Gasteiger partial charge in [0.15, 0.2) is 0 Å². The van der Waals surface area contributed by atoms with Crippen LogP contribution in [0, 0.1) is 6.92 Å². The van der Waals surface area contributed by atoms with Crippen molar-refractivity contribution in [3.63, 3.8) is 0 Å². The van der Waals surface area contributed by atoms with Gasteiger partial charge in [-0.25, -0.2) is 0 Å². The van der Waals surface area contributed by atoms with Gasteiger partial charge in [-0.15, -0.1) is 0 Å². The molecule has 0 aliphatic carbocycles. The summed E-state index contributed by atoms with van der Waals surface area (Å²) in [5, 5.41) is 0. The third-order valence-electron chi connectivity index (χ3n) is 4.37. The molecule has 0 aromatic heterocycles. The van der Waals surface area contributed by atoms with Gasteiger partial charge >= 0.3 is 0 Å². The summed E-state index contributed by atoms with van der Waals surface area (Å²) >= 11 is 0. The molecule has 2 aromatic rings. The maximum absolute atomic E-state index is 12.0. The minimum Gasteiger partial charge on any atom is -0.375 e. The first-order valence-corrected chi connectivity index (χ1v) is 7.79. The van der Waals surface area contributed by atoms with Crippen LogP contribution < -0.4 is 5.73 Å². The van der Waals surface area contributed by atoms with Crippen molar-refractivity contribution in [2.24, 2.45) is 5.73 Å². The Kier molecular flexibility index (Phi) is 4.46. The molecule has 23 heavy (non-hydrogen) atoms. The number of hydrogen-bond acceptors (Lipinski definition) is 3. The quantitative estimate of drug-likeness (QED) is 0.944. The second-order valence-corrected chi connectivity index (χ2v) is 6.10. The van der Waals surface area contributed by atoms with E-state index >= 15 is 0 Å². The summed E-state index contributed by atoms with van der Waals surface area (Å²) in [5.41, 5.74) is 12.2. The van der Waals surface area contributed by atoms with E-state index in [9.17, 15) is 4.79 Å². The Morgan fingerprint density at radius 2 is 1.78 bits per heavy atom. The number of ether oxygens (including phenoxy) is 1. The lowest BCUT2D eigenvalue weighted by Crippen LogP contribution is -2.28. The van der Waals surface area contributed by atoms with Crippen LogP contribution in [0.1, 0.15) is 33.9 Å². The summed E-state index contributed by atoms with van der Waals surface area (Å²) in [5.74, 6) is 0.0214.